The molecule has 5 nitrogen and oxygen atoms in total. The van der Waals surface area contributed by atoms with Crippen molar-refractivity contribution in [3.8, 4) is 0 Å². The van der Waals surface area contributed by atoms with Gasteiger partial charge >= 0.3 is 78.7 Å². The molecule has 10 heteroatoms. The Morgan fingerprint density at radius 2 is 0.500 bits per heavy atom. The monoisotopic (exact) mass is 782 g/mol. The van der Waals surface area contributed by atoms with Crippen molar-refractivity contribution in [1.82, 2.24) is 0 Å². The molecule has 0 atom stereocenters. The van der Waals surface area contributed by atoms with Crippen molar-refractivity contribution in [2.45, 2.75) is 0 Å². The normalized spacial score (nSPS) is 7.60. The summed E-state index contributed by atoms with van der Waals surface area (Å²) in [6.07, 6.45) is 0. The molecule has 10 N–H and O–H groups in total. The topological polar surface area (TPSA) is 158 Å². The van der Waals surface area contributed by atoms with Crippen LogP contribution in [0.25, 0.3) is 0 Å². The Kier molecular flexibility index (Phi) is 68.6. The Morgan fingerprint density at radius 1 is 0.500 bits per heavy atom. The standard InChI is InChI=1S/4HI.5H2O.W/h4*1H;5*1H2;/q;;;;;;;;;+4/p-4. The first-order valence-corrected chi connectivity index (χ1v) is 33.9. The van der Waals surface area contributed by atoms with E-state index in [9.17, 15) is 0 Å². The van der Waals surface area contributed by atoms with E-state index in [0.29, 0.717) is 0 Å². The molecular formula is H10I4O5W. The van der Waals surface area contributed by atoms with Crippen LogP contribution in [0.2, 0.25) is 0 Å². The summed E-state index contributed by atoms with van der Waals surface area (Å²) in [5.41, 5.74) is 0. The predicted molar refractivity (Wildman–Crippen MR) is 74.1 cm³/mol. The molecule has 0 heterocycles. The second-order valence-corrected chi connectivity index (χ2v) is 129. The van der Waals surface area contributed by atoms with Crippen molar-refractivity contribution in [3.63, 3.8) is 0 Å². The minimum atomic E-state index is -1.29. The zero-order chi connectivity index (χ0) is 4.50. The molecule has 74 valence electrons. The van der Waals surface area contributed by atoms with Crippen LogP contribution < -0.4 is 0 Å². The molecule has 0 rings (SSSR count). The summed E-state index contributed by atoms with van der Waals surface area (Å²) >= 11 is 10.2. The Morgan fingerprint density at radius 3 is 0.500 bits per heavy atom. The van der Waals surface area contributed by atoms with E-state index in [1.165, 1.54) is 0 Å². The molecule has 0 saturated carbocycles. The van der Waals surface area contributed by atoms with Gasteiger partial charge in [0.2, 0.25) is 0 Å². The molecule has 0 unspecified atom stereocenters. The number of halogens is 4. The molecule has 0 bridgehead atoms. The third-order valence-corrected chi connectivity index (χ3v) is 0. The molecule has 0 aromatic rings. The summed E-state index contributed by atoms with van der Waals surface area (Å²) in [5, 5.41) is 0. The van der Waals surface area contributed by atoms with Crippen LogP contribution in [0.3, 0.4) is 0 Å². The fraction of sp³-hybridized carbons (Fsp3) is 0. The quantitative estimate of drug-likeness (QED) is 0.289. The molecule has 0 aliphatic heterocycles. The van der Waals surface area contributed by atoms with Gasteiger partial charge in [0.25, 0.3) is 0 Å². The van der Waals surface area contributed by atoms with Gasteiger partial charge < -0.3 is 27.4 Å². The summed E-state index contributed by atoms with van der Waals surface area (Å²) in [5.74, 6) is 0. The van der Waals surface area contributed by atoms with Crippen molar-refractivity contribution < 1.29 is 28.7 Å². The van der Waals surface area contributed by atoms with Gasteiger partial charge in [0, 0.05) is 0 Å². The molecule has 0 spiro atoms. The van der Waals surface area contributed by atoms with Gasteiger partial charge in [-0.15, -0.1) is 0 Å². The van der Waals surface area contributed by atoms with E-state index in [0.717, 1.165) is 0 Å². The SMILES string of the molecule is O.O.O.O.O.[I][W]([I])([I])[I]. The Bertz CT molecular complexity index is 29.1. The third-order valence-electron chi connectivity index (χ3n) is 0. The Labute approximate surface area is 104 Å². The van der Waals surface area contributed by atoms with Gasteiger partial charge in [-0.25, -0.2) is 0 Å². The summed E-state index contributed by atoms with van der Waals surface area (Å²) in [6, 6.07) is 0. The van der Waals surface area contributed by atoms with Crippen molar-refractivity contribution in [2.75, 3.05) is 0 Å². The van der Waals surface area contributed by atoms with E-state index < -0.39 is 1.33 Å². The van der Waals surface area contributed by atoms with Gasteiger partial charge in [-0.2, -0.15) is 0 Å². The van der Waals surface area contributed by atoms with Crippen molar-refractivity contribution in [2.24, 2.45) is 0 Å². The van der Waals surface area contributed by atoms with Gasteiger partial charge in [-0.1, -0.05) is 0 Å². The van der Waals surface area contributed by atoms with E-state index in [-0.39, 0.29) is 27.4 Å². The average Bonchev–Trinajstić information content (AvgIpc) is 0.722. The Hall–Kier alpha value is 3.41. The van der Waals surface area contributed by atoms with Gasteiger partial charge in [-0.05, 0) is 0 Å². The molecule has 0 saturated heterocycles. The van der Waals surface area contributed by atoms with Gasteiger partial charge in [0.15, 0.2) is 0 Å². The molecule has 0 aliphatic rings. The molecule has 0 aromatic heterocycles. The third kappa shape index (κ3) is 106. The van der Waals surface area contributed by atoms with Crippen molar-refractivity contribution in [1.29, 1.82) is 0 Å². The summed E-state index contributed by atoms with van der Waals surface area (Å²) in [4.78, 5) is 0. The summed E-state index contributed by atoms with van der Waals surface area (Å²) in [7, 11) is 0. The van der Waals surface area contributed by atoms with Crippen LogP contribution in [-0.4, -0.2) is 27.4 Å². The van der Waals surface area contributed by atoms with Crippen LogP contribution >= 0.6 is 77.4 Å². The first-order chi connectivity index (χ1) is 2.00. The van der Waals surface area contributed by atoms with Crippen LogP contribution in [-0.2, 0) is 1.33 Å². The molecule has 0 amide bonds. The van der Waals surface area contributed by atoms with Crippen LogP contribution in [0, 0.1) is 0 Å². The fourth-order valence-electron chi connectivity index (χ4n) is 0. The number of hydrogen-bond donors (Lipinski definition) is 0. The summed E-state index contributed by atoms with van der Waals surface area (Å²) in [6.45, 7) is 0. The molecule has 0 aromatic carbocycles. The van der Waals surface area contributed by atoms with E-state index in [2.05, 4.69) is 77.4 Å². The van der Waals surface area contributed by atoms with Crippen molar-refractivity contribution >= 4 is 77.4 Å². The second-order valence-electron chi connectivity index (χ2n) is 0.350. The number of hydrogen-bond acceptors (Lipinski definition) is 0. The maximum atomic E-state index is 2.55. The van der Waals surface area contributed by atoms with E-state index in [4.69, 9.17) is 0 Å². The molecule has 0 fully saturated rings. The average molecular weight is 782 g/mol. The van der Waals surface area contributed by atoms with Crippen molar-refractivity contribution in [3.05, 3.63) is 0 Å². The first kappa shape index (κ1) is 37.6. The van der Waals surface area contributed by atoms with Gasteiger partial charge in [-0.3, -0.25) is 0 Å². The van der Waals surface area contributed by atoms with Crippen LogP contribution in [0.15, 0.2) is 0 Å². The molecule has 0 radical (unpaired) electrons. The van der Waals surface area contributed by atoms with Gasteiger partial charge in [0.05, 0.1) is 0 Å². The van der Waals surface area contributed by atoms with E-state index >= 15 is 0 Å². The predicted octanol–water partition coefficient (Wildman–Crippen LogP) is -0.583. The number of rotatable bonds is 0. The Balaban J connectivity index is -0.00000000800. The molecular weight excluding hydrogens is 771 g/mol. The van der Waals surface area contributed by atoms with Crippen LogP contribution in [0.1, 0.15) is 0 Å². The zero-order valence-corrected chi connectivity index (χ0v) is 16.0. The molecule has 10 heavy (non-hydrogen) atoms. The van der Waals surface area contributed by atoms with E-state index in [1.807, 2.05) is 0 Å². The minimum absolute atomic E-state index is 0. The maximum absolute atomic E-state index is 2.55. The van der Waals surface area contributed by atoms with E-state index in [1.54, 1.807) is 0 Å². The fourth-order valence-corrected chi connectivity index (χ4v) is 0. The molecule has 0 aliphatic carbocycles. The van der Waals surface area contributed by atoms with Crippen LogP contribution in [0.4, 0.5) is 0 Å². The zero-order valence-electron chi connectivity index (χ0n) is 4.42. The summed E-state index contributed by atoms with van der Waals surface area (Å²) < 4.78 is -1.29. The van der Waals surface area contributed by atoms with Crippen LogP contribution in [0.5, 0.6) is 0 Å². The van der Waals surface area contributed by atoms with Gasteiger partial charge in [0.1, 0.15) is 0 Å². The second kappa shape index (κ2) is 18.2. The first-order valence-electron chi connectivity index (χ1n) is 0.617.